The highest BCUT2D eigenvalue weighted by atomic mass is 16.7. The van der Waals surface area contributed by atoms with Crippen LogP contribution in [-0.2, 0) is 9.47 Å². The van der Waals surface area contributed by atoms with Gasteiger partial charge in [0, 0.05) is 0 Å². The molecule has 0 bridgehead atoms. The molecule has 0 spiro atoms. The van der Waals surface area contributed by atoms with Gasteiger partial charge in [-0.05, 0) is 18.8 Å². The summed E-state index contributed by atoms with van der Waals surface area (Å²) >= 11 is 0. The molecule has 5 nitrogen and oxygen atoms in total. The van der Waals surface area contributed by atoms with Crippen LogP contribution in [0.15, 0.2) is 0 Å². The Bertz CT molecular complexity index is 488. The van der Waals surface area contributed by atoms with Crippen LogP contribution in [0.25, 0.3) is 0 Å². The molecule has 5 atom stereocenters. The second-order valence-electron chi connectivity index (χ2n) is 12.1. The smallest absolute Gasteiger partial charge is 0.186 e. The summed E-state index contributed by atoms with van der Waals surface area (Å²) in [7, 11) is 0. The van der Waals surface area contributed by atoms with Gasteiger partial charge in [0.25, 0.3) is 0 Å². The van der Waals surface area contributed by atoms with Crippen molar-refractivity contribution in [1.82, 2.24) is 0 Å². The fourth-order valence-electron chi connectivity index (χ4n) is 5.66. The molecule has 1 saturated heterocycles. The number of hydrogen-bond donors (Lipinski definition) is 3. The molecule has 1 rings (SSSR count). The Morgan fingerprint density at radius 3 is 1.32 bits per heavy atom. The van der Waals surface area contributed by atoms with E-state index in [4.69, 9.17) is 9.47 Å². The van der Waals surface area contributed by atoms with Gasteiger partial charge in [-0.3, -0.25) is 0 Å². The van der Waals surface area contributed by atoms with Crippen molar-refractivity contribution in [3.05, 3.63) is 0 Å². The Kier molecular flexibility index (Phi) is 24.3. The van der Waals surface area contributed by atoms with Gasteiger partial charge in [-0.1, -0.05) is 155 Å². The lowest BCUT2D eigenvalue weighted by Gasteiger charge is -2.35. The zero-order valence-electron chi connectivity index (χ0n) is 25.4. The van der Waals surface area contributed by atoms with Crippen LogP contribution in [0.1, 0.15) is 168 Å². The first-order chi connectivity index (χ1) is 18.6. The summed E-state index contributed by atoms with van der Waals surface area (Å²) in [6, 6.07) is 0. The number of unbranched alkanes of at least 4 members (excludes halogenated alkanes) is 20. The lowest BCUT2D eigenvalue weighted by atomic mass is 9.94. The minimum atomic E-state index is -1.20. The van der Waals surface area contributed by atoms with Crippen molar-refractivity contribution >= 4 is 0 Å². The van der Waals surface area contributed by atoms with E-state index in [1.165, 1.54) is 141 Å². The molecule has 1 aliphatic heterocycles. The quantitative estimate of drug-likeness (QED) is 0.0907. The second-order valence-corrected chi connectivity index (χ2v) is 12.1. The Morgan fingerprint density at radius 2 is 0.921 bits per heavy atom. The predicted molar refractivity (Wildman–Crippen MR) is 159 cm³/mol. The van der Waals surface area contributed by atoms with Gasteiger partial charge >= 0.3 is 0 Å². The summed E-state index contributed by atoms with van der Waals surface area (Å²) in [6.45, 7) is 5.11. The number of aliphatic hydroxyl groups is 3. The predicted octanol–water partition coefficient (Wildman–Crippen LogP) is 8.46. The van der Waals surface area contributed by atoms with Crippen LogP contribution in [0.5, 0.6) is 0 Å². The molecule has 38 heavy (non-hydrogen) atoms. The standard InChI is InChI=1S/C33H66O5/c1-3-5-7-9-11-13-15-16-18-20-22-24-26-29(25-23-21-19-17-14-12-10-8-6-4-2)27-37-33-32(36)31(35)30(34)28-38-33/h29-36H,3-28H2,1-2H3/t29?,30-,31+,32-,33-/m1/s1. The summed E-state index contributed by atoms with van der Waals surface area (Å²) in [4.78, 5) is 0. The highest BCUT2D eigenvalue weighted by Crippen LogP contribution is 2.23. The third kappa shape index (κ3) is 19.0. The molecule has 1 aliphatic rings. The normalized spacial score (nSPS) is 22.7. The number of ether oxygens (including phenoxy) is 2. The van der Waals surface area contributed by atoms with Gasteiger partial charge < -0.3 is 24.8 Å². The van der Waals surface area contributed by atoms with E-state index in [1.807, 2.05) is 0 Å². The van der Waals surface area contributed by atoms with Crippen LogP contribution in [0.4, 0.5) is 0 Å². The van der Waals surface area contributed by atoms with Crippen molar-refractivity contribution in [2.75, 3.05) is 13.2 Å². The largest absolute Gasteiger partial charge is 0.388 e. The monoisotopic (exact) mass is 542 g/mol. The first kappa shape index (κ1) is 35.8. The first-order valence-corrected chi connectivity index (χ1v) is 16.9. The average molecular weight is 543 g/mol. The number of aliphatic hydroxyl groups excluding tert-OH is 3. The maximum Gasteiger partial charge on any atom is 0.186 e. The Labute approximate surface area is 236 Å². The van der Waals surface area contributed by atoms with Gasteiger partial charge in [-0.25, -0.2) is 0 Å². The minimum Gasteiger partial charge on any atom is -0.388 e. The van der Waals surface area contributed by atoms with Gasteiger partial charge in [0.15, 0.2) is 6.29 Å². The molecule has 1 heterocycles. The van der Waals surface area contributed by atoms with E-state index in [0.717, 1.165) is 12.8 Å². The molecule has 0 amide bonds. The lowest BCUT2D eigenvalue weighted by molar-refractivity contribution is -0.272. The van der Waals surface area contributed by atoms with Crippen molar-refractivity contribution in [2.45, 2.75) is 193 Å². The SMILES string of the molecule is CCCCCCCCCCCCCCC(CCCCCCCCCCCC)CO[C@@H]1OC[C@@H](O)[C@H](O)[C@H]1O. The van der Waals surface area contributed by atoms with E-state index in [-0.39, 0.29) is 6.61 Å². The lowest BCUT2D eigenvalue weighted by Crippen LogP contribution is -2.53. The molecular weight excluding hydrogens is 476 g/mol. The third-order valence-electron chi connectivity index (χ3n) is 8.38. The van der Waals surface area contributed by atoms with E-state index in [1.54, 1.807) is 0 Å². The Morgan fingerprint density at radius 1 is 0.553 bits per heavy atom. The Hall–Kier alpha value is -0.200. The molecule has 3 N–H and O–H groups in total. The molecule has 1 unspecified atom stereocenters. The second kappa shape index (κ2) is 25.7. The average Bonchev–Trinajstić information content (AvgIpc) is 2.92. The zero-order chi connectivity index (χ0) is 27.7. The van der Waals surface area contributed by atoms with Gasteiger partial charge in [-0.15, -0.1) is 0 Å². The van der Waals surface area contributed by atoms with Crippen LogP contribution in [0.2, 0.25) is 0 Å². The van der Waals surface area contributed by atoms with E-state index >= 15 is 0 Å². The topological polar surface area (TPSA) is 79.2 Å². The molecule has 0 saturated carbocycles. The van der Waals surface area contributed by atoms with Crippen LogP contribution >= 0.6 is 0 Å². The molecule has 0 aromatic carbocycles. The van der Waals surface area contributed by atoms with Gasteiger partial charge in [0.1, 0.15) is 18.3 Å². The Balaban J connectivity index is 2.20. The molecule has 0 aromatic heterocycles. The molecular formula is C33H66O5. The van der Waals surface area contributed by atoms with Crippen molar-refractivity contribution in [2.24, 2.45) is 5.92 Å². The van der Waals surface area contributed by atoms with Crippen LogP contribution in [-0.4, -0.2) is 53.1 Å². The van der Waals surface area contributed by atoms with Gasteiger partial charge in [0.2, 0.25) is 0 Å². The molecule has 0 aromatic rings. The number of hydrogen-bond acceptors (Lipinski definition) is 5. The van der Waals surface area contributed by atoms with Crippen molar-refractivity contribution in [3.8, 4) is 0 Å². The fraction of sp³-hybridized carbons (Fsp3) is 1.00. The van der Waals surface area contributed by atoms with Crippen molar-refractivity contribution in [3.63, 3.8) is 0 Å². The van der Waals surface area contributed by atoms with E-state index in [0.29, 0.717) is 12.5 Å². The maximum atomic E-state index is 10.2. The summed E-state index contributed by atoms with van der Waals surface area (Å²) in [6.07, 6.45) is 27.8. The molecule has 228 valence electrons. The molecule has 1 fully saturated rings. The summed E-state index contributed by atoms with van der Waals surface area (Å²) in [5.74, 6) is 0.465. The fourth-order valence-corrected chi connectivity index (χ4v) is 5.66. The van der Waals surface area contributed by atoms with Gasteiger partial charge in [-0.2, -0.15) is 0 Å². The van der Waals surface area contributed by atoms with Gasteiger partial charge in [0.05, 0.1) is 13.2 Å². The maximum absolute atomic E-state index is 10.2. The van der Waals surface area contributed by atoms with Crippen molar-refractivity contribution in [1.29, 1.82) is 0 Å². The van der Waals surface area contributed by atoms with Crippen LogP contribution in [0, 0.1) is 5.92 Å². The van der Waals surface area contributed by atoms with E-state index in [9.17, 15) is 15.3 Å². The van der Waals surface area contributed by atoms with Crippen LogP contribution < -0.4 is 0 Å². The van der Waals surface area contributed by atoms with Crippen LogP contribution in [0.3, 0.4) is 0 Å². The van der Waals surface area contributed by atoms with Crippen molar-refractivity contribution < 1.29 is 24.8 Å². The third-order valence-corrected chi connectivity index (χ3v) is 8.38. The molecule has 0 aliphatic carbocycles. The highest BCUT2D eigenvalue weighted by Gasteiger charge is 2.38. The summed E-state index contributed by atoms with van der Waals surface area (Å²) in [5, 5.41) is 29.9. The highest BCUT2D eigenvalue weighted by molar-refractivity contribution is 4.82. The summed E-state index contributed by atoms with van der Waals surface area (Å²) < 4.78 is 11.4. The minimum absolute atomic E-state index is 0.00471. The van der Waals surface area contributed by atoms with E-state index < -0.39 is 24.6 Å². The molecule has 0 radical (unpaired) electrons. The van der Waals surface area contributed by atoms with E-state index in [2.05, 4.69) is 13.8 Å². The number of rotatable bonds is 27. The zero-order valence-corrected chi connectivity index (χ0v) is 25.4. The summed E-state index contributed by atoms with van der Waals surface area (Å²) in [5.41, 5.74) is 0. The first-order valence-electron chi connectivity index (χ1n) is 16.9. The molecule has 5 heteroatoms.